The normalized spacial score (nSPS) is 13.8. The molecule has 2 N–H and O–H groups in total. The van der Waals surface area contributed by atoms with Crippen LogP contribution < -0.4 is 10.6 Å². The highest BCUT2D eigenvalue weighted by molar-refractivity contribution is 6.29. The second-order valence-corrected chi connectivity index (χ2v) is 5.65. The molecule has 0 radical (unpaired) electrons. The molecule has 0 aliphatic heterocycles. The average molecular weight is 310 g/mol. The van der Waals surface area contributed by atoms with Crippen LogP contribution in [0.15, 0.2) is 12.1 Å². The number of nitrogens with one attached hydrogen (secondary N) is 2. The number of hydrogen-bond donors (Lipinski definition) is 2. The van der Waals surface area contributed by atoms with Crippen molar-refractivity contribution in [2.24, 2.45) is 0 Å². The van der Waals surface area contributed by atoms with E-state index in [-0.39, 0.29) is 11.8 Å². The SMILES string of the molecule is CCCc1cc(C(=O)NCCC(=O)NC2CC2)cc(Cl)n1. The Kier molecular flexibility index (Phi) is 5.56. The van der Waals surface area contributed by atoms with E-state index in [2.05, 4.69) is 15.6 Å². The lowest BCUT2D eigenvalue weighted by molar-refractivity contribution is -0.121. The zero-order chi connectivity index (χ0) is 15.2. The van der Waals surface area contributed by atoms with Gasteiger partial charge in [0, 0.05) is 30.3 Å². The van der Waals surface area contributed by atoms with E-state index in [1.165, 1.54) is 0 Å². The van der Waals surface area contributed by atoms with Gasteiger partial charge in [0.05, 0.1) is 0 Å². The van der Waals surface area contributed by atoms with Crippen molar-refractivity contribution in [3.63, 3.8) is 0 Å². The van der Waals surface area contributed by atoms with Crippen molar-refractivity contribution in [1.29, 1.82) is 0 Å². The fraction of sp³-hybridized carbons (Fsp3) is 0.533. The summed E-state index contributed by atoms with van der Waals surface area (Å²) < 4.78 is 0. The summed E-state index contributed by atoms with van der Waals surface area (Å²) in [5.74, 6) is -0.242. The molecule has 0 bridgehead atoms. The van der Waals surface area contributed by atoms with Gasteiger partial charge in [0.1, 0.15) is 5.15 Å². The van der Waals surface area contributed by atoms with Crippen LogP contribution in [0.4, 0.5) is 0 Å². The number of aromatic nitrogens is 1. The number of aryl methyl sites for hydroxylation is 1. The highest BCUT2D eigenvalue weighted by Gasteiger charge is 2.22. The van der Waals surface area contributed by atoms with Gasteiger partial charge in [0.2, 0.25) is 5.91 Å². The third kappa shape index (κ3) is 5.34. The molecule has 1 fully saturated rings. The molecule has 2 amide bonds. The summed E-state index contributed by atoms with van der Waals surface area (Å²) in [6, 6.07) is 3.64. The van der Waals surface area contributed by atoms with Crippen molar-refractivity contribution in [3.05, 3.63) is 28.5 Å². The molecule has 21 heavy (non-hydrogen) atoms. The van der Waals surface area contributed by atoms with Crippen LogP contribution >= 0.6 is 11.6 Å². The minimum absolute atomic E-state index is 0.0165. The van der Waals surface area contributed by atoms with Crippen molar-refractivity contribution in [3.8, 4) is 0 Å². The van der Waals surface area contributed by atoms with Crippen LogP contribution in [-0.2, 0) is 11.2 Å². The molecule has 1 aromatic heterocycles. The van der Waals surface area contributed by atoms with Crippen molar-refractivity contribution < 1.29 is 9.59 Å². The molecule has 0 spiro atoms. The predicted octanol–water partition coefficient (Wildman–Crippen LogP) is 2.09. The second-order valence-electron chi connectivity index (χ2n) is 5.27. The van der Waals surface area contributed by atoms with Gasteiger partial charge in [-0.3, -0.25) is 9.59 Å². The van der Waals surface area contributed by atoms with Gasteiger partial charge in [-0.1, -0.05) is 24.9 Å². The smallest absolute Gasteiger partial charge is 0.251 e. The number of nitrogens with zero attached hydrogens (tertiary/aromatic N) is 1. The van der Waals surface area contributed by atoms with Gasteiger partial charge >= 0.3 is 0 Å². The molecule has 114 valence electrons. The van der Waals surface area contributed by atoms with Crippen LogP contribution in [0.5, 0.6) is 0 Å². The van der Waals surface area contributed by atoms with Gasteiger partial charge in [-0.2, -0.15) is 0 Å². The topological polar surface area (TPSA) is 71.1 Å². The van der Waals surface area contributed by atoms with E-state index in [0.717, 1.165) is 31.4 Å². The van der Waals surface area contributed by atoms with Crippen LogP contribution in [0.3, 0.4) is 0 Å². The standard InChI is InChI=1S/C15H20ClN3O2/c1-2-3-12-8-10(9-13(16)18-12)15(21)17-7-6-14(20)19-11-4-5-11/h8-9,11H,2-7H2,1H3,(H,17,21)(H,19,20). The summed E-state index contributed by atoms with van der Waals surface area (Å²) in [5.41, 5.74) is 1.29. The van der Waals surface area contributed by atoms with Gasteiger partial charge in [-0.15, -0.1) is 0 Å². The van der Waals surface area contributed by atoms with Gasteiger partial charge in [0.15, 0.2) is 0 Å². The summed E-state index contributed by atoms with van der Waals surface area (Å²) >= 11 is 5.92. The summed E-state index contributed by atoms with van der Waals surface area (Å²) in [4.78, 5) is 27.7. The average Bonchev–Trinajstić information content (AvgIpc) is 3.22. The highest BCUT2D eigenvalue weighted by atomic mass is 35.5. The lowest BCUT2D eigenvalue weighted by atomic mass is 10.1. The number of carbonyl (C=O) groups excluding carboxylic acids is 2. The van der Waals surface area contributed by atoms with E-state index in [1.54, 1.807) is 12.1 Å². The number of halogens is 1. The fourth-order valence-corrected chi connectivity index (χ4v) is 2.21. The number of pyridine rings is 1. The summed E-state index contributed by atoms with van der Waals surface area (Å²) in [6.07, 6.45) is 4.14. The molecule has 0 atom stereocenters. The molecule has 1 aliphatic rings. The van der Waals surface area contributed by atoms with Crippen molar-refractivity contribution in [2.45, 2.75) is 45.1 Å². The molecule has 0 aromatic carbocycles. The zero-order valence-corrected chi connectivity index (χ0v) is 12.9. The third-order valence-electron chi connectivity index (χ3n) is 3.20. The Morgan fingerprint density at radius 1 is 1.38 bits per heavy atom. The summed E-state index contributed by atoms with van der Waals surface area (Å²) in [5, 5.41) is 5.93. The molecule has 6 heteroatoms. The Morgan fingerprint density at radius 3 is 2.81 bits per heavy atom. The lowest BCUT2D eigenvalue weighted by Gasteiger charge is -2.07. The molecule has 1 heterocycles. The Hall–Kier alpha value is -1.62. The quantitative estimate of drug-likeness (QED) is 0.758. The number of hydrogen-bond acceptors (Lipinski definition) is 3. The predicted molar refractivity (Wildman–Crippen MR) is 81.4 cm³/mol. The molecule has 0 unspecified atom stereocenters. The molecular formula is C15H20ClN3O2. The first-order chi connectivity index (χ1) is 10.1. The Balaban J connectivity index is 1.82. The lowest BCUT2D eigenvalue weighted by Crippen LogP contribution is -2.31. The molecule has 1 aliphatic carbocycles. The van der Waals surface area contributed by atoms with Gasteiger partial charge in [-0.25, -0.2) is 4.98 Å². The van der Waals surface area contributed by atoms with E-state index < -0.39 is 0 Å². The molecule has 2 rings (SSSR count). The van der Waals surface area contributed by atoms with E-state index in [9.17, 15) is 9.59 Å². The summed E-state index contributed by atoms with van der Waals surface area (Å²) in [6.45, 7) is 2.36. The molecule has 1 aromatic rings. The van der Waals surface area contributed by atoms with E-state index >= 15 is 0 Å². The van der Waals surface area contributed by atoms with Crippen molar-refractivity contribution in [2.75, 3.05) is 6.54 Å². The number of carbonyl (C=O) groups is 2. The third-order valence-corrected chi connectivity index (χ3v) is 3.39. The van der Waals surface area contributed by atoms with Crippen LogP contribution in [0.1, 0.15) is 48.7 Å². The maximum absolute atomic E-state index is 12.0. The van der Waals surface area contributed by atoms with Crippen LogP contribution in [0.25, 0.3) is 0 Å². The van der Waals surface area contributed by atoms with Gasteiger partial charge in [-0.05, 0) is 31.4 Å². The highest BCUT2D eigenvalue weighted by Crippen LogP contribution is 2.18. The van der Waals surface area contributed by atoms with E-state index in [0.29, 0.717) is 29.7 Å². The zero-order valence-electron chi connectivity index (χ0n) is 12.1. The van der Waals surface area contributed by atoms with Gasteiger partial charge < -0.3 is 10.6 Å². The van der Waals surface area contributed by atoms with E-state index in [4.69, 9.17) is 11.6 Å². The second kappa shape index (κ2) is 7.41. The van der Waals surface area contributed by atoms with Crippen molar-refractivity contribution in [1.82, 2.24) is 15.6 Å². The Bertz CT molecular complexity index is 530. The number of rotatable bonds is 7. The Labute approximate surface area is 129 Å². The van der Waals surface area contributed by atoms with Crippen LogP contribution in [0, 0.1) is 0 Å². The van der Waals surface area contributed by atoms with Gasteiger partial charge in [0.25, 0.3) is 5.91 Å². The van der Waals surface area contributed by atoms with E-state index in [1.807, 2.05) is 6.92 Å². The van der Waals surface area contributed by atoms with Crippen LogP contribution in [-0.4, -0.2) is 29.4 Å². The first-order valence-corrected chi connectivity index (χ1v) is 7.70. The molecule has 1 saturated carbocycles. The van der Waals surface area contributed by atoms with Crippen LogP contribution in [0.2, 0.25) is 5.15 Å². The molecule has 5 nitrogen and oxygen atoms in total. The Morgan fingerprint density at radius 2 is 2.14 bits per heavy atom. The minimum Gasteiger partial charge on any atom is -0.353 e. The van der Waals surface area contributed by atoms with Crippen molar-refractivity contribution >= 4 is 23.4 Å². The molecule has 0 saturated heterocycles. The monoisotopic (exact) mass is 309 g/mol. The molecular weight excluding hydrogens is 290 g/mol. The fourth-order valence-electron chi connectivity index (χ4n) is 1.99. The first kappa shape index (κ1) is 15.8. The minimum atomic E-state index is -0.226. The first-order valence-electron chi connectivity index (χ1n) is 7.32. The number of amides is 2. The maximum atomic E-state index is 12.0. The largest absolute Gasteiger partial charge is 0.353 e. The maximum Gasteiger partial charge on any atom is 0.251 e. The summed E-state index contributed by atoms with van der Waals surface area (Å²) in [7, 11) is 0.